The van der Waals surface area contributed by atoms with Crippen LogP contribution in [0, 0.1) is 10.1 Å². The number of benzene rings is 1. The smallest absolute Gasteiger partial charge is 0.311 e. The van der Waals surface area contributed by atoms with Crippen LogP contribution in [-0.2, 0) is 0 Å². The third kappa shape index (κ3) is 2.21. The molecular weight excluding hydrogens is 244 g/mol. The summed E-state index contributed by atoms with van der Waals surface area (Å²) in [6, 6.07) is 4.06. The Bertz CT molecular complexity index is 543. The molecule has 7 nitrogen and oxygen atoms in total. The van der Waals surface area contributed by atoms with Crippen molar-refractivity contribution in [3.8, 4) is 5.75 Å². The number of nitro benzene ring substituents is 1. The van der Waals surface area contributed by atoms with Crippen LogP contribution in [0.2, 0.25) is 0 Å². The van der Waals surface area contributed by atoms with Gasteiger partial charge in [-0.1, -0.05) is 6.07 Å². The van der Waals surface area contributed by atoms with Gasteiger partial charge in [-0.05, 0) is 11.6 Å². The van der Waals surface area contributed by atoms with Crippen molar-refractivity contribution < 1.29 is 10.0 Å². The molecule has 1 aromatic carbocycles. The first-order chi connectivity index (χ1) is 8.09. The second-order valence-electron chi connectivity index (χ2n) is 3.28. The van der Waals surface area contributed by atoms with E-state index >= 15 is 0 Å². The van der Waals surface area contributed by atoms with Crippen molar-refractivity contribution in [1.29, 1.82) is 0 Å². The number of aromatic hydroxyl groups is 1. The van der Waals surface area contributed by atoms with Gasteiger partial charge in [0.15, 0.2) is 5.75 Å². The van der Waals surface area contributed by atoms with Crippen LogP contribution in [0.25, 0.3) is 0 Å². The number of rotatable bonds is 3. The minimum absolute atomic E-state index is 0.360. The third-order valence-corrected chi connectivity index (χ3v) is 2.75. The molecule has 0 bridgehead atoms. The Labute approximate surface area is 101 Å². The number of H-pyrrole nitrogens is 1. The molecule has 0 saturated heterocycles. The monoisotopic (exact) mass is 252 g/mol. The van der Waals surface area contributed by atoms with Crippen LogP contribution in [0.15, 0.2) is 24.5 Å². The first-order valence-electron chi connectivity index (χ1n) is 4.60. The van der Waals surface area contributed by atoms with Crippen LogP contribution < -0.4 is 0 Å². The van der Waals surface area contributed by atoms with E-state index < -0.39 is 10.2 Å². The highest BCUT2D eigenvalue weighted by Gasteiger charge is 2.19. The molecule has 8 heteroatoms. The van der Waals surface area contributed by atoms with E-state index in [1.165, 1.54) is 18.5 Å². The highest BCUT2D eigenvalue weighted by Crippen LogP contribution is 2.32. The summed E-state index contributed by atoms with van der Waals surface area (Å²) in [5.41, 5.74) is 0.190. The molecule has 2 aromatic rings. The number of nitrogens with zero attached hydrogens (tertiary/aromatic N) is 3. The van der Waals surface area contributed by atoms with Gasteiger partial charge in [0.25, 0.3) is 0 Å². The number of thiol groups is 1. The molecule has 88 valence electrons. The van der Waals surface area contributed by atoms with Gasteiger partial charge in [-0.2, -0.15) is 17.7 Å². The van der Waals surface area contributed by atoms with Crippen molar-refractivity contribution in [2.75, 3.05) is 0 Å². The van der Waals surface area contributed by atoms with Gasteiger partial charge in [-0.25, -0.2) is 4.98 Å². The molecule has 1 atom stereocenters. The average Bonchev–Trinajstić information content (AvgIpc) is 2.81. The topological polar surface area (TPSA) is 105 Å². The lowest BCUT2D eigenvalue weighted by Crippen LogP contribution is -1.98. The van der Waals surface area contributed by atoms with Crippen molar-refractivity contribution in [2.24, 2.45) is 0 Å². The average molecular weight is 252 g/mol. The van der Waals surface area contributed by atoms with Gasteiger partial charge < -0.3 is 5.11 Å². The van der Waals surface area contributed by atoms with E-state index in [1.54, 1.807) is 6.07 Å². The highest BCUT2D eigenvalue weighted by molar-refractivity contribution is 7.80. The number of aromatic nitrogens is 3. The number of phenolic OH excluding ortho intramolecular Hbond substituents is 1. The molecule has 1 aromatic heterocycles. The zero-order valence-corrected chi connectivity index (χ0v) is 9.33. The van der Waals surface area contributed by atoms with Crippen LogP contribution in [-0.4, -0.2) is 25.2 Å². The lowest BCUT2D eigenvalue weighted by molar-refractivity contribution is -0.385. The molecule has 0 radical (unpaired) electrons. The fourth-order valence-electron chi connectivity index (χ4n) is 1.36. The molecule has 2 rings (SSSR count). The minimum atomic E-state index is -0.653. The Balaban J connectivity index is 2.40. The molecule has 0 spiro atoms. The Hall–Kier alpha value is -2.09. The summed E-state index contributed by atoms with van der Waals surface area (Å²) in [5, 5.41) is 25.8. The van der Waals surface area contributed by atoms with E-state index in [2.05, 4.69) is 27.8 Å². The van der Waals surface area contributed by atoms with E-state index in [9.17, 15) is 15.2 Å². The number of nitro groups is 1. The molecule has 0 aliphatic rings. The molecule has 1 heterocycles. The second kappa shape index (κ2) is 4.42. The lowest BCUT2D eigenvalue weighted by atomic mass is 10.1. The Kier molecular flexibility index (Phi) is 2.96. The molecule has 0 aliphatic heterocycles. The minimum Gasteiger partial charge on any atom is -0.502 e. The highest BCUT2D eigenvalue weighted by atomic mass is 32.1. The Morgan fingerprint density at radius 1 is 1.53 bits per heavy atom. The number of nitrogens with one attached hydrogen (secondary N) is 1. The van der Waals surface area contributed by atoms with Crippen LogP contribution in [0.5, 0.6) is 5.75 Å². The van der Waals surface area contributed by atoms with Crippen LogP contribution >= 0.6 is 12.6 Å². The predicted octanol–water partition coefficient (Wildman–Crippen LogP) is 1.44. The lowest BCUT2D eigenvalue weighted by Gasteiger charge is -2.07. The fourth-order valence-corrected chi connectivity index (χ4v) is 1.65. The summed E-state index contributed by atoms with van der Waals surface area (Å²) in [6.45, 7) is 0. The molecule has 2 N–H and O–H groups in total. The third-order valence-electron chi connectivity index (χ3n) is 2.20. The van der Waals surface area contributed by atoms with E-state index in [1.807, 2.05) is 0 Å². The summed E-state index contributed by atoms with van der Waals surface area (Å²) in [5.74, 6) is 0.102. The van der Waals surface area contributed by atoms with Crippen LogP contribution in [0.4, 0.5) is 5.69 Å². The summed E-state index contributed by atoms with van der Waals surface area (Å²) in [6.07, 6.45) is 1.33. The Morgan fingerprint density at radius 2 is 2.29 bits per heavy atom. The van der Waals surface area contributed by atoms with E-state index in [0.29, 0.717) is 11.4 Å². The van der Waals surface area contributed by atoms with Crippen molar-refractivity contribution in [1.82, 2.24) is 15.2 Å². The fraction of sp³-hybridized carbons (Fsp3) is 0.111. The first-order valence-corrected chi connectivity index (χ1v) is 5.12. The molecule has 0 fully saturated rings. The van der Waals surface area contributed by atoms with Gasteiger partial charge >= 0.3 is 5.69 Å². The molecular formula is C9H8N4O3S. The molecule has 17 heavy (non-hydrogen) atoms. The predicted molar refractivity (Wildman–Crippen MR) is 62.0 cm³/mol. The van der Waals surface area contributed by atoms with Crippen molar-refractivity contribution in [2.45, 2.75) is 5.25 Å². The zero-order valence-electron chi connectivity index (χ0n) is 8.44. The maximum Gasteiger partial charge on any atom is 0.311 e. The maximum atomic E-state index is 10.7. The quantitative estimate of drug-likeness (QED) is 0.435. The first kappa shape index (κ1) is 11.4. The van der Waals surface area contributed by atoms with Gasteiger partial charge in [0.2, 0.25) is 0 Å². The van der Waals surface area contributed by atoms with Crippen LogP contribution in [0.3, 0.4) is 0 Å². The zero-order chi connectivity index (χ0) is 12.4. The summed E-state index contributed by atoms with van der Waals surface area (Å²) in [7, 11) is 0. The van der Waals surface area contributed by atoms with Crippen molar-refractivity contribution >= 4 is 18.3 Å². The summed E-state index contributed by atoms with van der Waals surface area (Å²) < 4.78 is 0. The normalized spacial score (nSPS) is 12.3. The molecule has 0 amide bonds. The van der Waals surface area contributed by atoms with Crippen molar-refractivity contribution in [3.05, 3.63) is 46.0 Å². The maximum absolute atomic E-state index is 10.7. The molecule has 1 unspecified atom stereocenters. The van der Waals surface area contributed by atoms with Crippen molar-refractivity contribution in [3.63, 3.8) is 0 Å². The number of hydrogen-bond acceptors (Lipinski definition) is 6. The molecule has 0 saturated carbocycles. The second-order valence-corrected chi connectivity index (χ2v) is 3.79. The van der Waals surface area contributed by atoms with Gasteiger partial charge in [0, 0.05) is 6.07 Å². The van der Waals surface area contributed by atoms with E-state index in [0.717, 1.165) is 0 Å². The van der Waals surface area contributed by atoms with E-state index in [4.69, 9.17) is 0 Å². The number of aromatic amines is 1. The largest absolute Gasteiger partial charge is 0.502 e. The SMILES string of the molecule is O=[N+]([O-])c1cc(C(S)c2ncn[nH]2)ccc1O. The van der Waals surface area contributed by atoms with Gasteiger partial charge in [0.05, 0.1) is 10.2 Å². The number of hydrogen-bond donors (Lipinski definition) is 3. The molecule has 0 aliphatic carbocycles. The Morgan fingerprint density at radius 3 is 2.88 bits per heavy atom. The van der Waals surface area contributed by atoms with E-state index in [-0.39, 0.29) is 11.4 Å². The summed E-state index contributed by atoms with van der Waals surface area (Å²) >= 11 is 4.29. The van der Waals surface area contributed by atoms with Gasteiger partial charge in [-0.3, -0.25) is 15.2 Å². The number of phenols is 1. The van der Waals surface area contributed by atoms with Crippen LogP contribution in [0.1, 0.15) is 16.6 Å². The van der Waals surface area contributed by atoms with Gasteiger partial charge in [-0.15, -0.1) is 0 Å². The standard InChI is InChI=1S/C9H8N4O3S/c14-7-2-1-5(3-6(7)13(15)16)8(17)9-10-4-11-12-9/h1-4,8,14,17H,(H,10,11,12). The summed E-state index contributed by atoms with van der Waals surface area (Å²) in [4.78, 5) is 13.9. The van der Waals surface area contributed by atoms with Gasteiger partial charge in [0.1, 0.15) is 12.2 Å².